The molecule has 22 heavy (non-hydrogen) atoms. The molecule has 0 spiro atoms. The third-order valence-corrected chi connectivity index (χ3v) is 4.69. The molecule has 1 aliphatic heterocycles. The minimum absolute atomic E-state index is 0.00173. The third kappa shape index (κ3) is 4.52. The number of aromatic nitrogens is 2. The Morgan fingerprint density at radius 1 is 1.50 bits per heavy atom. The summed E-state index contributed by atoms with van der Waals surface area (Å²) >= 11 is 2.17. The summed E-state index contributed by atoms with van der Waals surface area (Å²) in [6.07, 6.45) is 4.79. The number of halogens is 1. The number of esters is 1. The van der Waals surface area contributed by atoms with E-state index in [9.17, 15) is 4.79 Å². The number of carbonyl (C=O) groups is 1. The number of hydrogen-bond acceptors (Lipinski definition) is 6. The molecule has 0 aromatic carbocycles. The van der Waals surface area contributed by atoms with Crippen LogP contribution >= 0.6 is 22.6 Å². The third-order valence-electron chi connectivity index (χ3n) is 3.79. The smallest absolute Gasteiger partial charge is 0.309 e. The van der Waals surface area contributed by atoms with E-state index in [2.05, 4.69) is 37.5 Å². The molecule has 0 atom stereocenters. The van der Waals surface area contributed by atoms with Crippen molar-refractivity contribution < 1.29 is 14.6 Å². The fraction of sp³-hybridized carbons (Fsp3) is 0.667. The average Bonchev–Trinajstić information content (AvgIpc) is 2.54. The summed E-state index contributed by atoms with van der Waals surface area (Å²) in [5.41, 5.74) is 0.930. The molecule has 0 unspecified atom stereocenters. The molecule has 1 aromatic heterocycles. The zero-order valence-corrected chi connectivity index (χ0v) is 15.0. The lowest BCUT2D eigenvalue weighted by Gasteiger charge is -2.31. The van der Waals surface area contributed by atoms with Crippen molar-refractivity contribution in [3.8, 4) is 0 Å². The monoisotopic (exact) mass is 419 g/mol. The normalized spacial score (nSPS) is 15.9. The molecule has 0 saturated carbocycles. The second-order valence-electron chi connectivity index (χ2n) is 5.31. The van der Waals surface area contributed by atoms with Gasteiger partial charge in [0.2, 0.25) is 0 Å². The number of aliphatic hydroxyl groups excluding tert-OH is 1. The van der Waals surface area contributed by atoms with Gasteiger partial charge in [-0.25, -0.2) is 9.97 Å². The number of carbonyl (C=O) groups excluding carboxylic acids is 1. The van der Waals surface area contributed by atoms with Crippen LogP contribution in [0.25, 0.3) is 0 Å². The van der Waals surface area contributed by atoms with Crippen LogP contribution in [0.15, 0.2) is 6.20 Å². The molecule has 6 nitrogen and oxygen atoms in total. The Morgan fingerprint density at radius 3 is 2.86 bits per heavy atom. The van der Waals surface area contributed by atoms with E-state index in [4.69, 9.17) is 9.84 Å². The van der Waals surface area contributed by atoms with Gasteiger partial charge in [-0.1, -0.05) is 0 Å². The number of aliphatic hydroxyl groups is 1. The van der Waals surface area contributed by atoms with E-state index < -0.39 is 0 Å². The second kappa shape index (κ2) is 8.61. The Morgan fingerprint density at radius 2 is 2.23 bits per heavy atom. The topological polar surface area (TPSA) is 75.5 Å². The SMILES string of the molecule is CCOC(=O)C1CCN(c2cnc(I)c(CCCO)n2)CC1. The first-order chi connectivity index (χ1) is 10.7. The van der Waals surface area contributed by atoms with Crippen molar-refractivity contribution in [2.24, 2.45) is 5.92 Å². The number of rotatable bonds is 6. The molecule has 0 aliphatic carbocycles. The van der Waals surface area contributed by atoms with Crippen LogP contribution < -0.4 is 4.90 Å². The first-order valence-corrected chi connectivity index (χ1v) is 8.77. The van der Waals surface area contributed by atoms with Gasteiger partial charge in [0, 0.05) is 19.7 Å². The van der Waals surface area contributed by atoms with Crippen molar-refractivity contribution in [3.63, 3.8) is 0 Å². The van der Waals surface area contributed by atoms with Crippen LogP contribution in [-0.4, -0.2) is 47.3 Å². The van der Waals surface area contributed by atoms with Gasteiger partial charge in [-0.05, 0) is 55.2 Å². The number of ether oxygens (including phenoxy) is 1. The van der Waals surface area contributed by atoms with Gasteiger partial charge in [-0.15, -0.1) is 0 Å². The highest BCUT2D eigenvalue weighted by Gasteiger charge is 2.26. The van der Waals surface area contributed by atoms with Gasteiger partial charge in [0.1, 0.15) is 9.52 Å². The second-order valence-corrected chi connectivity index (χ2v) is 6.33. The molecule has 1 aliphatic rings. The molecule has 122 valence electrons. The molecule has 1 aromatic rings. The van der Waals surface area contributed by atoms with Crippen molar-refractivity contribution in [1.29, 1.82) is 0 Å². The molecule has 0 bridgehead atoms. The van der Waals surface area contributed by atoms with Crippen LogP contribution in [0.2, 0.25) is 0 Å². The highest BCUT2D eigenvalue weighted by Crippen LogP contribution is 2.23. The fourth-order valence-electron chi connectivity index (χ4n) is 2.56. The van der Waals surface area contributed by atoms with E-state index in [1.165, 1.54) is 0 Å². The van der Waals surface area contributed by atoms with Crippen LogP contribution in [0.5, 0.6) is 0 Å². The van der Waals surface area contributed by atoms with Gasteiger partial charge in [-0.3, -0.25) is 4.79 Å². The summed E-state index contributed by atoms with van der Waals surface area (Å²) in [7, 11) is 0. The maximum absolute atomic E-state index is 11.8. The molecular weight excluding hydrogens is 397 g/mol. The van der Waals surface area contributed by atoms with Crippen LogP contribution in [0.1, 0.15) is 31.9 Å². The first-order valence-electron chi connectivity index (χ1n) is 7.69. The zero-order chi connectivity index (χ0) is 15.9. The summed E-state index contributed by atoms with van der Waals surface area (Å²) in [5.74, 6) is 0.775. The fourth-order valence-corrected chi connectivity index (χ4v) is 3.09. The Labute approximate surface area is 144 Å². The van der Waals surface area contributed by atoms with Gasteiger partial charge in [0.05, 0.1) is 24.4 Å². The van der Waals surface area contributed by atoms with Crippen LogP contribution in [0.3, 0.4) is 0 Å². The summed E-state index contributed by atoms with van der Waals surface area (Å²) in [6.45, 7) is 4.02. The lowest BCUT2D eigenvalue weighted by molar-refractivity contribution is -0.148. The minimum atomic E-state index is -0.0838. The van der Waals surface area contributed by atoms with E-state index in [0.717, 1.165) is 47.6 Å². The van der Waals surface area contributed by atoms with Crippen molar-refractivity contribution in [2.75, 3.05) is 31.2 Å². The van der Waals surface area contributed by atoms with Crippen molar-refractivity contribution in [2.45, 2.75) is 32.6 Å². The quantitative estimate of drug-likeness (QED) is 0.560. The number of piperidine rings is 1. The molecule has 7 heteroatoms. The van der Waals surface area contributed by atoms with Gasteiger partial charge in [0.15, 0.2) is 0 Å². The first kappa shape index (κ1) is 17.4. The molecule has 1 N–H and O–H groups in total. The molecule has 0 radical (unpaired) electrons. The molecular formula is C15H22IN3O3. The lowest BCUT2D eigenvalue weighted by Crippen LogP contribution is -2.37. The van der Waals surface area contributed by atoms with Crippen molar-refractivity contribution in [3.05, 3.63) is 15.6 Å². The summed E-state index contributed by atoms with van der Waals surface area (Å²) in [5, 5.41) is 8.96. The largest absolute Gasteiger partial charge is 0.466 e. The predicted molar refractivity (Wildman–Crippen MR) is 91.7 cm³/mol. The Kier molecular flexibility index (Phi) is 6.81. The lowest BCUT2D eigenvalue weighted by atomic mass is 9.97. The van der Waals surface area contributed by atoms with Crippen molar-refractivity contribution >= 4 is 34.4 Å². The number of anilines is 1. The van der Waals surface area contributed by atoms with Gasteiger partial charge >= 0.3 is 5.97 Å². The molecule has 2 heterocycles. The van der Waals surface area contributed by atoms with E-state index in [1.807, 2.05) is 6.92 Å². The maximum Gasteiger partial charge on any atom is 0.309 e. The number of aryl methyl sites for hydroxylation is 1. The van der Waals surface area contributed by atoms with E-state index >= 15 is 0 Å². The molecule has 0 amide bonds. The zero-order valence-electron chi connectivity index (χ0n) is 12.8. The molecule has 1 fully saturated rings. The Balaban J connectivity index is 1.97. The highest BCUT2D eigenvalue weighted by molar-refractivity contribution is 14.1. The predicted octanol–water partition coefficient (Wildman–Crippen LogP) is 1.79. The van der Waals surface area contributed by atoms with Crippen LogP contribution in [0, 0.1) is 9.62 Å². The van der Waals surface area contributed by atoms with E-state index in [0.29, 0.717) is 13.0 Å². The van der Waals surface area contributed by atoms with E-state index in [1.54, 1.807) is 6.20 Å². The highest BCUT2D eigenvalue weighted by atomic mass is 127. The Hall–Kier alpha value is -0.960. The van der Waals surface area contributed by atoms with Crippen LogP contribution in [-0.2, 0) is 16.0 Å². The summed E-state index contributed by atoms with van der Waals surface area (Å²) in [6, 6.07) is 0. The van der Waals surface area contributed by atoms with E-state index in [-0.39, 0.29) is 18.5 Å². The standard InChI is InChI=1S/C15H22IN3O3/c1-2-22-15(21)11-5-7-19(8-6-11)13-10-17-14(16)12(18-13)4-3-9-20/h10-11,20H,2-9H2,1H3. The molecule has 2 rings (SSSR count). The van der Waals surface area contributed by atoms with Gasteiger partial charge in [0.25, 0.3) is 0 Å². The molecule has 1 saturated heterocycles. The number of nitrogens with zero attached hydrogens (tertiary/aromatic N) is 3. The maximum atomic E-state index is 11.8. The number of hydrogen-bond donors (Lipinski definition) is 1. The van der Waals surface area contributed by atoms with Gasteiger partial charge in [-0.2, -0.15) is 0 Å². The summed E-state index contributed by atoms with van der Waals surface area (Å²) in [4.78, 5) is 23.0. The average molecular weight is 419 g/mol. The summed E-state index contributed by atoms with van der Waals surface area (Å²) < 4.78 is 5.98. The minimum Gasteiger partial charge on any atom is -0.466 e. The van der Waals surface area contributed by atoms with Gasteiger partial charge < -0.3 is 14.7 Å². The van der Waals surface area contributed by atoms with Crippen molar-refractivity contribution in [1.82, 2.24) is 9.97 Å². The van der Waals surface area contributed by atoms with Crippen LogP contribution in [0.4, 0.5) is 5.82 Å². The Bertz CT molecular complexity index is 505.